The van der Waals surface area contributed by atoms with E-state index in [1.807, 2.05) is 0 Å². The molecule has 0 aliphatic carbocycles. The summed E-state index contributed by atoms with van der Waals surface area (Å²) in [4.78, 5) is 22.0. The van der Waals surface area contributed by atoms with Crippen LogP contribution in [-0.2, 0) is 11.3 Å². The number of carbonyl (C=O) groups excluding carboxylic acids is 1. The highest BCUT2D eigenvalue weighted by molar-refractivity contribution is 6.30. The molecule has 1 heterocycles. The first-order valence-electron chi connectivity index (χ1n) is 7.16. The van der Waals surface area contributed by atoms with Crippen LogP contribution in [0.15, 0.2) is 59.1 Å². The number of benzene rings is 2. The van der Waals surface area contributed by atoms with Crippen molar-refractivity contribution in [2.75, 3.05) is 0 Å². The van der Waals surface area contributed by atoms with Crippen molar-refractivity contribution in [2.45, 2.75) is 6.61 Å². The zero-order chi connectivity index (χ0) is 17.8. The number of non-ortho nitro benzene ring substituents is 1. The third kappa shape index (κ3) is 4.02. The van der Waals surface area contributed by atoms with Crippen molar-refractivity contribution in [1.82, 2.24) is 5.16 Å². The maximum absolute atomic E-state index is 11.9. The summed E-state index contributed by atoms with van der Waals surface area (Å²) in [5, 5.41) is 15.1. The maximum atomic E-state index is 11.9. The minimum atomic E-state index is -0.612. The largest absolute Gasteiger partial charge is 0.454 e. The van der Waals surface area contributed by atoms with Gasteiger partial charge in [0.25, 0.3) is 5.69 Å². The average molecular weight is 359 g/mol. The molecule has 0 fully saturated rings. The summed E-state index contributed by atoms with van der Waals surface area (Å²) in [5.74, 6) is -0.237. The normalized spacial score (nSPS) is 10.4. The van der Waals surface area contributed by atoms with Gasteiger partial charge in [-0.25, -0.2) is 4.79 Å². The van der Waals surface area contributed by atoms with Crippen LogP contribution >= 0.6 is 11.6 Å². The van der Waals surface area contributed by atoms with Gasteiger partial charge in [0.05, 0.1) is 10.5 Å². The van der Waals surface area contributed by atoms with E-state index in [9.17, 15) is 14.9 Å². The number of hydrogen-bond acceptors (Lipinski definition) is 6. The lowest BCUT2D eigenvalue weighted by Crippen LogP contribution is -2.04. The Labute approximate surface area is 146 Å². The van der Waals surface area contributed by atoms with Gasteiger partial charge in [-0.2, -0.15) is 0 Å². The smallest absolute Gasteiger partial charge is 0.338 e. The molecule has 126 valence electrons. The molecule has 0 saturated carbocycles. The lowest BCUT2D eigenvalue weighted by atomic mass is 10.1. The van der Waals surface area contributed by atoms with Crippen LogP contribution in [0.5, 0.6) is 0 Å². The number of aromatic nitrogens is 1. The Bertz CT molecular complexity index is 904. The van der Waals surface area contributed by atoms with Crippen LogP contribution in [-0.4, -0.2) is 16.0 Å². The lowest BCUT2D eigenvalue weighted by molar-refractivity contribution is -0.384. The Kier molecular flexibility index (Phi) is 4.76. The highest BCUT2D eigenvalue weighted by Crippen LogP contribution is 2.22. The molecule has 0 N–H and O–H groups in total. The number of esters is 1. The third-order valence-electron chi connectivity index (χ3n) is 3.36. The number of nitro benzene ring substituents is 1. The first-order chi connectivity index (χ1) is 12.0. The van der Waals surface area contributed by atoms with E-state index < -0.39 is 10.9 Å². The molecule has 25 heavy (non-hydrogen) atoms. The highest BCUT2D eigenvalue weighted by Gasteiger charge is 2.13. The van der Waals surface area contributed by atoms with Crippen LogP contribution in [0.25, 0.3) is 11.3 Å². The number of ether oxygens (including phenoxy) is 1. The number of hydrogen-bond donors (Lipinski definition) is 0. The SMILES string of the molecule is O=C(OCc1cc(-c2ccc(Cl)cc2)no1)c1ccc([N+](=O)[O-])cc1. The molecule has 0 aliphatic rings. The minimum absolute atomic E-state index is 0.0978. The molecular formula is C17H11ClN2O5. The Morgan fingerprint density at radius 3 is 2.48 bits per heavy atom. The zero-order valence-corrected chi connectivity index (χ0v) is 13.5. The Hall–Kier alpha value is -3.19. The molecule has 3 aromatic rings. The van der Waals surface area contributed by atoms with E-state index in [-0.39, 0.29) is 17.9 Å². The standard InChI is InChI=1S/C17H11ClN2O5/c18-13-5-1-11(2-6-13)16-9-15(25-19-16)10-24-17(21)12-3-7-14(8-4-12)20(22)23/h1-9H,10H2. The number of nitro groups is 1. The predicted octanol–water partition coefficient (Wildman–Crippen LogP) is 4.26. The van der Waals surface area contributed by atoms with Crippen LogP contribution in [0.2, 0.25) is 5.02 Å². The van der Waals surface area contributed by atoms with Gasteiger partial charge in [-0.3, -0.25) is 10.1 Å². The zero-order valence-electron chi connectivity index (χ0n) is 12.7. The summed E-state index contributed by atoms with van der Waals surface area (Å²) in [6.45, 7) is -0.101. The Morgan fingerprint density at radius 1 is 1.16 bits per heavy atom. The molecule has 0 radical (unpaired) electrons. The number of carbonyl (C=O) groups is 1. The van der Waals surface area contributed by atoms with Crippen molar-refractivity contribution in [2.24, 2.45) is 0 Å². The van der Waals surface area contributed by atoms with Gasteiger partial charge in [0.15, 0.2) is 12.4 Å². The molecule has 1 aromatic heterocycles. The first-order valence-corrected chi connectivity index (χ1v) is 7.54. The lowest BCUT2D eigenvalue weighted by Gasteiger charge is -2.01. The van der Waals surface area contributed by atoms with Crippen molar-refractivity contribution in [3.63, 3.8) is 0 Å². The van der Waals surface area contributed by atoms with Crippen LogP contribution in [0.1, 0.15) is 16.1 Å². The molecule has 0 spiro atoms. The van der Waals surface area contributed by atoms with Crippen molar-refractivity contribution in [3.8, 4) is 11.3 Å². The van der Waals surface area contributed by atoms with Gasteiger partial charge in [0, 0.05) is 28.8 Å². The molecule has 3 rings (SSSR count). The molecular weight excluding hydrogens is 348 g/mol. The van der Waals surface area contributed by atoms with E-state index in [1.54, 1.807) is 30.3 Å². The van der Waals surface area contributed by atoms with Crippen molar-refractivity contribution in [1.29, 1.82) is 0 Å². The summed E-state index contributed by atoms with van der Waals surface area (Å²) < 4.78 is 10.3. The van der Waals surface area contributed by atoms with Crippen molar-refractivity contribution >= 4 is 23.3 Å². The van der Waals surface area contributed by atoms with Crippen molar-refractivity contribution < 1.29 is 19.0 Å². The Balaban J connectivity index is 1.62. The van der Waals surface area contributed by atoms with Gasteiger partial charge in [-0.1, -0.05) is 28.9 Å². The monoisotopic (exact) mass is 358 g/mol. The molecule has 0 atom stereocenters. The summed E-state index contributed by atoms with van der Waals surface area (Å²) in [5.41, 5.74) is 1.53. The van der Waals surface area contributed by atoms with Crippen molar-refractivity contribution in [3.05, 3.63) is 81.1 Å². The third-order valence-corrected chi connectivity index (χ3v) is 3.61. The molecule has 0 bridgehead atoms. The van der Waals surface area contributed by atoms with Gasteiger partial charge in [-0.05, 0) is 24.3 Å². The predicted molar refractivity (Wildman–Crippen MR) is 89.2 cm³/mol. The first kappa shape index (κ1) is 16.7. The summed E-state index contributed by atoms with van der Waals surface area (Å²) in [6, 6.07) is 13.9. The van der Waals surface area contributed by atoms with Crippen LogP contribution in [0.4, 0.5) is 5.69 Å². The van der Waals surface area contributed by atoms with Gasteiger partial charge in [0.2, 0.25) is 0 Å². The van der Waals surface area contributed by atoms with E-state index in [4.69, 9.17) is 20.9 Å². The summed E-state index contributed by atoms with van der Waals surface area (Å²) in [7, 11) is 0. The van der Waals surface area contributed by atoms with Crippen LogP contribution in [0, 0.1) is 10.1 Å². The molecule has 0 aliphatic heterocycles. The van der Waals surface area contributed by atoms with Gasteiger partial charge < -0.3 is 9.26 Å². The van der Waals surface area contributed by atoms with E-state index in [2.05, 4.69) is 5.16 Å². The molecule has 8 heteroatoms. The van der Waals surface area contributed by atoms with E-state index in [0.717, 1.165) is 5.56 Å². The van der Waals surface area contributed by atoms with Crippen LogP contribution in [0.3, 0.4) is 0 Å². The number of nitrogens with zero attached hydrogens (tertiary/aromatic N) is 2. The fourth-order valence-corrected chi connectivity index (χ4v) is 2.20. The highest BCUT2D eigenvalue weighted by atomic mass is 35.5. The molecule has 0 amide bonds. The fourth-order valence-electron chi connectivity index (χ4n) is 2.08. The quantitative estimate of drug-likeness (QED) is 0.384. The molecule has 7 nitrogen and oxygen atoms in total. The van der Waals surface area contributed by atoms with E-state index in [0.29, 0.717) is 16.5 Å². The fraction of sp³-hybridized carbons (Fsp3) is 0.0588. The molecule has 2 aromatic carbocycles. The molecule has 0 unspecified atom stereocenters. The topological polar surface area (TPSA) is 95.5 Å². The summed E-state index contributed by atoms with van der Waals surface area (Å²) >= 11 is 5.84. The van der Waals surface area contributed by atoms with Crippen LogP contribution < -0.4 is 0 Å². The van der Waals surface area contributed by atoms with E-state index in [1.165, 1.54) is 24.3 Å². The second kappa shape index (κ2) is 7.14. The second-order valence-corrected chi connectivity index (χ2v) is 5.50. The molecule has 0 saturated heterocycles. The minimum Gasteiger partial charge on any atom is -0.454 e. The van der Waals surface area contributed by atoms with Gasteiger partial charge in [-0.15, -0.1) is 0 Å². The Morgan fingerprint density at radius 2 is 1.84 bits per heavy atom. The van der Waals surface area contributed by atoms with E-state index >= 15 is 0 Å². The number of rotatable bonds is 5. The number of halogens is 1. The average Bonchev–Trinajstić information content (AvgIpc) is 3.09. The summed E-state index contributed by atoms with van der Waals surface area (Å²) in [6.07, 6.45) is 0. The maximum Gasteiger partial charge on any atom is 0.338 e. The second-order valence-electron chi connectivity index (χ2n) is 5.07. The van der Waals surface area contributed by atoms with Gasteiger partial charge in [0.1, 0.15) is 5.69 Å². The van der Waals surface area contributed by atoms with Gasteiger partial charge >= 0.3 is 5.97 Å².